The van der Waals surface area contributed by atoms with Crippen molar-refractivity contribution in [2.45, 2.75) is 13.5 Å². The van der Waals surface area contributed by atoms with Crippen LogP contribution in [0.3, 0.4) is 0 Å². The van der Waals surface area contributed by atoms with E-state index in [2.05, 4.69) is 5.32 Å². The fourth-order valence-corrected chi connectivity index (χ4v) is 2.72. The summed E-state index contributed by atoms with van der Waals surface area (Å²) in [5, 5.41) is 2.82. The first kappa shape index (κ1) is 15.1. The number of nitrogens with zero attached hydrogens (tertiary/aromatic N) is 1. The van der Waals surface area contributed by atoms with E-state index in [4.69, 9.17) is 4.74 Å². The van der Waals surface area contributed by atoms with E-state index in [0.717, 1.165) is 11.1 Å². The third-order valence-corrected chi connectivity index (χ3v) is 3.86. The SMILES string of the molecule is COc1ccc(C)cc1NC(=O)CN1Cc2ccccc2C1=O. The zero-order valence-corrected chi connectivity index (χ0v) is 13.1. The molecule has 0 radical (unpaired) electrons. The van der Waals surface area contributed by atoms with Gasteiger partial charge in [-0.15, -0.1) is 0 Å². The molecule has 2 aromatic rings. The van der Waals surface area contributed by atoms with Crippen molar-refractivity contribution in [3.05, 3.63) is 59.2 Å². The number of benzene rings is 2. The highest BCUT2D eigenvalue weighted by molar-refractivity contribution is 6.02. The van der Waals surface area contributed by atoms with E-state index < -0.39 is 0 Å². The molecule has 1 heterocycles. The highest BCUT2D eigenvalue weighted by atomic mass is 16.5. The normalized spacial score (nSPS) is 13.0. The van der Waals surface area contributed by atoms with Gasteiger partial charge in [0.2, 0.25) is 5.91 Å². The third kappa shape index (κ3) is 3.04. The van der Waals surface area contributed by atoms with Gasteiger partial charge in [0.05, 0.1) is 12.8 Å². The van der Waals surface area contributed by atoms with E-state index in [-0.39, 0.29) is 18.4 Å². The number of nitrogens with one attached hydrogen (secondary N) is 1. The maximum atomic E-state index is 12.3. The molecule has 1 aliphatic rings. The summed E-state index contributed by atoms with van der Waals surface area (Å²) in [6.07, 6.45) is 0. The van der Waals surface area contributed by atoms with E-state index in [1.165, 1.54) is 0 Å². The van der Waals surface area contributed by atoms with Crippen molar-refractivity contribution in [1.29, 1.82) is 0 Å². The fraction of sp³-hybridized carbons (Fsp3) is 0.222. The number of ether oxygens (including phenoxy) is 1. The molecule has 1 aliphatic heterocycles. The van der Waals surface area contributed by atoms with Crippen LogP contribution in [0.2, 0.25) is 0 Å². The monoisotopic (exact) mass is 310 g/mol. The number of aryl methyl sites for hydroxylation is 1. The van der Waals surface area contributed by atoms with Crippen LogP contribution in [0.4, 0.5) is 5.69 Å². The number of hydrogen-bond acceptors (Lipinski definition) is 3. The van der Waals surface area contributed by atoms with Gasteiger partial charge in [0.25, 0.3) is 5.91 Å². The Labute approximate surface area is 134 Å². The molecular weight excluding hydrogens is 292 g/mol. The molecule has 0 aliphatic carbocycles. The average molecular weight is 310 g/mol. The van der Waals surface area contributed by atoms with Crippen LogP contribution in [-0.2, 0) is 11.3 Å². The zero-order chi connectivity index (χ0) is 16.4. The van der Waals surface area contributed by atoms with Crippen molar-refractivity contribution < 1.29 is 14.3 Å². The van der Waals surface area contributed by atoms with Crippen molar-refractivity contribution in [1.82, 2.24) is 4.90 Å². The van der Waals surface area contributed by atoms with Gasteiger partial charge in [0, 0.05) is 12.1 Å². The van der Waals surface area contributed by atoms with Crippen LogP contribution in [-0.4, -0.2) is 30.4 Å². The lowest BCUT2D eigenvalue weighted by molar-refractivity contribution is -0.116. The first-order chi connectivity index (χ1) is 11.1. The topological polar surface area (TPSA) is 58.6 Å². The Bertz CT molecular complexity index is 771. The average Bonchev–Trinajstić information content (AvgIpc) is 2.84. The molecule has 0 bridgehead atoms. The number of carbonyl (C=O) groups excluding carboxylic acids is 2. The van der Waals surface area contributed by atoms with Crippen LogP contribution in [0.15, 0.2) is 42.5 Å². The van der Waals surface area contributed by atoms with Crippen LogP contribution < -0.4 is 10.1 Å². The number of rotatable bonds is 4. The minimum atomic E-state index is -0.241. The van der Waals surface area contributed by atoms with Gasteiger partial charge < -0.3 is 15.0 Å². The van der Waals surface area contributed by atoms with Crippen molar-refractivity contribution in [2.75, 3.05) is 19.0 Å². The molecule has 0 unspecified atom stereocenters. The Kier molecular flexibility index (Phi) is 4.02. The number of anilines is 1. The lowest BCUT2D eigenvalue weighted by Crippen LogP contribution is -2.33. The van der Waals surface area contributed by atoms with Gasteiger partial charge in [-0.3, -0.25) is 9.59 Å². The molecule has 2 aromatic carbocycles. The van der Waals surface area contributed by atoms with Gasteiger partial charge in [-0.2, -0.15) is 0 Å². The Hall–Kier alpha value is -2.82. The summed E-state index contributed by atoms with van der Waals surface area (Å²) in [5.41, 5.74) is 3.26. The van der Waals surface area contributed by atoms with Gasteiger partial charge in [-0.1, -0.05) is 24.3 Å². The molecule has 0 saturated carbocycles. The number of hydrogen-bond donors (Lipinski definition) is 1. The van der Waals surface area contributed by atoms with E-state index in [9.17, 15) is 9.59 Å². The summed E-state index contributed by atoms with van der Waals surface area (Å²) in [4.78, 5) is 26.1. The molecule has 1 N–H and O–H groups in total. The number of fused-ring (bicyclic) bond motifs is 1. The fourth-order valence-electron chi connectivity index (χ4n) is 2.72. The number of methoxy groups -OCH3 is 1. The largest absolute Gasteiger partial charge is 0.495 e. The first-order valence-corrected chi connectivity index (χ1v) is 7.40. The standard InChI is InChI=1S/C18H18N2O3/c1-12-7-8-16(23-2)15(9-12)19-17(21)11-20-10-13-5-3-4-6-14(13)18(20)22/h3-9H,10-11H2,1-2H3,(H,19,21). The van der Waals surface area contributed by atoms with Crippen molar-refractivity contribution in [2.24, 2.45) is 0 Å². The highest BCUT2D eigenvalue weighted by Crippen LogP contribution is 2.26. The van der Waals surface area contributed by atoms with Crippen LogP contribution in [0.1, 0.15) is 21.5 Å². The predicted molar refractivity (Wildman–Crippen MR) is 87.5 cm³/mol. The summed E-state index contributed by atoms with van der Waals surface area (Å²) < 4.78 is 5.25. The lowest BCUT2D eigenvalue weighted by Gasteiger charge is -2.16. The first-order valence-electron chi connectivity index (χ1n) is 7.40. The number of carbonyl (C=O) groups is 2. The summed E-state index contributed by atoms with van der Waals surface area (Å²) in [7, 11) is 1.56. The highest BCUT2D eigenvalue weighted by Gasteiger charge is 2.28. The van der Waals surface area contributed by atoms with Gasteiger partial charge in [-0.05, 0) is 36.2 Å². The molecule has 3 rings (SSSR count). The second-order valence-electron chi connectivity index (χ2n) is 5.57. The molecule has 0 aromatic heterocycles. The van der Waals surface area contributed by atoms with Gasteiger partial charge >= 0.3 is 0 Å². The Morgan fingerprint density at radius 1 is 1.26 bits per heavy atom. The Morgan fingerprint density at radius 3 is 2.78 bits per heavy atom. The minimum absolute atomic E-state index is 0.0185. The predicted octanol–water partition coefficient (Wildman–Crippen LogP) is 2.60. The minimum Gasteiger partial charge on any atom is -0.495 e. The second-order valence-corrected chi connectivity index (χ2v) is 5.57. The molecule has 23 heavy (non-hydrogen) atoms. The third-order valence-electron chi connectivity index (χ3n) is 3.86. The zero-order valence-electron chi connectivity index (χ0n) is 13.1. The maximum Gasteiger partial charge on any atom is 0.254 e. The Morgan fingerprint density at radius 2 is 2.04 bits per heavy atom. The second kappa shape index (κ2) is 6.12. The van der Waals surface area contributed by atoms with Crippen LogP contribution in [0.5, 0.6) is 5.75 Å². The van der Waals surface area contributed by atoms with E-state index >= 15 is 0 Å². The van der Waals surface area contributed by atoms with Gasteiger partial charge in [0.15, 0.2) is 0 Å². The molecule has 118 valence electrons. The number of amides is 2. The summed E-state index contributed by atoms with van der Waals surface area (Å²) in [6.45, 7) is 2.42. The summed E-state index contributed by atoms with van der Waals surface area (Å²) in [6, 6.07) is 13.0. The van der Waals surface area contributed by atoms with Crippen molar-refractivity contribution >= 4 is 17.5 Å². The molecule has 0 spiro atoms. The van der Waals surface area contributed by atoms with E-state index in [1.807, 2.05) is 43.3 Å². The van der Waals surface area contributed by atoms with Crippen molar-refractivity contribution in [3.8, 4) is 5.75 Å². The Balaban J connectivity index is 1.70. The van der Waals surface area contributed by atoms with Gasteiger partial charge in [-0.25, -0.2) is 0 Å². The van der Waals surface area contributed by atoms with Crippen LogP contribution >= 0.6 is 0 Å². The lowest BCUT2D eigenvalue weighted by atomic mass is 10.1. The summed E-state index contributed by atoms with van der Waals surface area (Å²) in [5.74, 6) is 0.252. The summed E-state index contributed by atoms with van der Waals surface area (Å²) >= 11 is 0. The molecule has 5 heteroatoms. The molecule has 0 saturated heterocycles. The smallest absolute Gasteiger partial charge is 0.254 e. The molecule has 0 atom stereocenters. The molecule has 2 amide bonds. The van der Waals surface area contributed by atoms with E-state index in [1.54, 1.807) is 18.1 Å². The van der Waals surface area contributed by atoms with Crippen LogP contribution in [0.25, 0.3) is 0 Å². The molecule has 0 fully saturated rings. The van der Waals surface area contributed by atoms with E-state index in [0.29, 0.717) is 23.5 Å². The van der Waals surface area contributed by atoms with Gasteiger partial charge in [0.1, 0.15) is 12.3 Å². The van der Waals surface area contributed by atoms with Crippen LogP contribution in [0, 0.1) is 6.92 Å². The molecule has 5 nitrogen and oxygen atoms in total. The van der Waals surface area contributed by atoms with Crippen molar-refractivity contribution in [3.63, 3.8) is 0 Å². The quantitative estimate of drug-likeness (QED) is 0.944. The maximum absolute atomic E-state index is 12.3. The molecular formula is C18H18N2O3.